The van der Waals surface area contributed by atoms with E-state index in [2.05, 4.69) is 10.6 Å². The number of benzene rings is 1. The molecule has 0 saturated carbocycles. The van der Waals surface area contributed by atoms with E-state index in [0.717, 1.165) is 5.56 Å². The van der Waals surface area contributed by atoms with Gasteiger partial charge in [0.05, 0.1) is 16.5 Å². The highest BCUT2D eigenvalue weighted by atomic mass is 16.6. The van der Waals surface area contributed by atoms with Gasteiger partial charge in [-0.1, -0.05) is 0 Å². The molecule has 18 heavy (non-hydrogen) atoms. The summed E-state index contributed by atoms with van der Waals surface area (Å²) in [5.41, 5.74) is 1.98. The van der Waals surface area contributed by atoms with Crippen molar-refractivity contribution in [2.75, 3.05) is 18.4 Å². The van der Waals surface area contributed by atoms with E-state index >= 15 is 0 Å². The molecule has 0 radical (unpaired) electrons. The van der Waals surface area contributed by atoms with Crippen molar-refractivity contribution in [3.63, 3.8) is 0 Å². The number of carbonyl (C=O) groups is 1. The van der Waals surface area contributed by atoms with Crippen molar-refractivity contribution in [2.24, 2.45) is 5.92 Å². The molecule has 0 atom stereocenters. The predicted molar refractivity (Wildman–Crippen MR) is 67.6 cm³/mol. The van der Waals surface area contributed by atoms with E-state index in [1.807, 2.05) is 6.92 Å². The number of nitro groups is 1. The van der Waals surface area contributed by atoms with Crippen LogP contribution in [-0.4, -0.2) is 23.9 Å². The summed E-state index contributed by atoms with van der Waals surface area (Å²) in [5.74, 6) is -0.125. The van der Waals surface area contributed by atoms with E-state index in [1.54, 1.807) is 13.0 Å². The fourth-order valence-electron chi connectivity index (χ4n) is 1.88. The zero-order valence-electron chi connectivity index (χ0n) is 10.3. The highest BCUT2D eigenvalue weighted by Gasteiger charge is 2.25. The summed E-state index contributed by atoms with van der Waals surface area (Å²) in [4.78, 5) is 22.2. The first-order chi connectivity index (χ1) is 8.49. The number of carbonyl (C=O) groups excluding carboxylic acids is 1. The first-order valence-electron chi connectivity index (χ1n) is 5.76. The minimum atomic E-state index is -0.435. The van der Waals surface area contributed by atoms with Crippen molar-refractivity contribution in [1.29, 1.82) is 0 Å². The molecule has 6 heteroatoms. The van der Waals surface area contributed by atoms with Gasteiger partial charge in [-0.15, -0.1) is 0 Å². The zero-order valence-corrected chi connectivity index (χ0v) is 10.3. The molecular formula is C12H15N3O3. The normalized spacial score (nSPS) is 15.0. The summed E-state index contributed by atoms with van der Waals surface area (Å²) < 4.78 is 0. The maximum atomic E-state index is 11.8. The quantitative estimate of drug-likeness (QED) is 0.626. The number of nitrogens with one attached hydrogen (secondary N) is 2. The van der Waals surface area contributed by atoms with Crippen LogP contribution in [0.1, 0.15) is 11.1 Å². The molecule has 1 aromatic rings. The van der Waals surface area contributed by atoms with Gasteiger partial charge in [0.15, 0.2) is 0 Å². The van der Waals surface area contributed by atoms with Crippen molar-refractivity contribution in [2.45, 2.75) is 13.8 Å². The second kappa shape index (κ2) is 4.73. The summed E-state index contributed by atoms with van der Waals surface area (Å²) in [5, 5.41) is 16.6. The molecule has 0 aliphatic carbocycles. The van der Waals surface area contributed by atoms with Crippen molar-refractivity contribution >= 4 is 17.3 Å². The highest BCUT2D eigenvalue weighted by Crippen LogP contribution is 2.26. The number of rotatable bonds is 3. The molecule has 0 unspecified atom stereocenters. The van der Waals surface area contributed by atoms with Crippen molar-refractivity contribution in [1.82, 2.24) is 5.32 Å². The van der Waals surface area contributed by atoms with Crippen LogP contribution in [0.3, 0.4) is 0 Å². The number of hydrogen-bond donors (Lipinski definition) is 2. The van der Waals surface area contributed by atoms with Crippen LogP contribution in [0, 0.1) is 29.9 Å². The minimum absolute atomic E-state index is 0.0302. The summed E-state index contributed by atoms with van der Waals surface area (Å²) in [6.45, 7) is 4.84. The van der Waals surface area contributed by atoms with Crippen LogP contribution in [0.25, 0.3) is 0 Å². The van der Waals surface area contributed by atoms with Crippen LogP contribution < -0.4 is 10.6 Å². The van der Waals surface area contributed by atoms with Crippen molar-refractivity contribution < 1.29 is 9.72 Å². The molecule has 1 aliphatic rings. The van der Waals surface area contributed by atoms with Gasteiger partial charge in [-0.2, -0.15) is 0 Å². The van der Waals surface area contributed by atoms with Gasteiger partial charge in [0.1, 0.15) is 0 Å². The SMILES string of the molecule is Cc1cc(C)c([N+](=O)[O-])cc1NC(=O)C1CNC1. The molecule has 1 aliphatic heterocycles. The van der Waals surface area contributed by atoms with Crippen LogP contribution in [0.5, 0.6) is 0 Å². The molecule has 96 valence electrons. The van der Waals surface area contributed by atoms with Gasteiger partial charge in [-0.05, 0) is 25.5 Å². The summed E-state index contributed by atoms with van der Waals surface area (Å²) in [7, 11) is 0. The van der Waals surface area contributed by atoms with Gasteiger partial charge in [-0.3, -0.25) is 14.9 Å². The largest absolute Gasteiger partial charge is 0.325 e. The first-order valence-corrected chi connectivity index (χ1v) is 5.76. The van der Waals surface area contributed by atoms with Gasteiger partial charge in [0.25, 0.3) is 5.69 Å². The molecule has 1 aromatic carbocycles. The monoisotopic (exact) mass is 249 g/mol. The van der Waals surface area contributed by atoms with Crippen molar-refractivity contribution in [3.8, 4) is 0 Å². The Bertz CT molecular complexity index is 510. The summed E-state index contributed by atoms with van der Waals surface area (Å²) >= 11 is 0. The third kappa shape index (κ3) is 2.33. The Morgan fingerprint density at radius 2 is 2.06 bits per heavy atom. The fraction of sp³-hybridized carbons (Fsp3) is 0.417. The van der Waals surface area contributed by atoms with E-state index in [4.69, 9.17) is 0 Å². The third-order valence-corrected chi connectivity index (χ3v) is 3.15. The number of amides is 1. The fourth-order valence-corrected chi connectivity index (χ4v) is 1.88. The molecular weight excluding hydrogens is 234 g/mol. The lowest BCUT2D eigenvalue weighted by molar-refractivity contribution is -0.385. The minimum Gasteiger partial charge on any atom is -0.325 e. The maximum absolute atomic E-state index is 11.8. The lowest BCUT2D eigenvalue weighted by Gasteiger charge is -2.26. The van der Waals surface area contributed by atoms with Crippen LogP contribution >= 0.6 is 0 Å². The molecule has 0 spiro atoms. The van der Waals surface area contributed by atoms with Crippen molar-refractivity contribution in [3.05, 3.63) is 33.4 Å². The molecule has 2 rings (SSSR count). The molecule has 2 N–H and O–H groups in total. The molecule has 1 amide bonds. The van der Waals surface area contributed by atoms with Crippen LogP contribution in [-0.2, 0) is 4.79 Å². The second-order valence-electron chi connectivity index (χ2n) is 4.56. The Morgan fingerprint density at radius 1 is 1.39 bits per heavy atom. The van der Waals surface area contributed by atoms with Gasteiger partial charge in [0, 0.05) is 24.7 Å². The number of hydrogen-bond acceptors (Lipinski definition) is 4. The highest BCUT2D eigenvalue weighted by molar-refractivity contribution is 5.94. The van der Waals surface area contributed by atoms with E-state index in [-0.39, 0.29) is 17.5 Å². The average Bonchev–Trinajstić information content (AvgIpc) is 2.18. The third-order valence-electron chi connectivity index (χ3n) is 3.15. The molecule has 6 nitrogen and oxygen atoms in total. The number of nitro benzene ring substituents is 1. The molecule has 1 fully saturated rings. The average molecular weight is 249 g/mol. The molecule has 1 saturated heterocycles. The van der Waals surface area contributed by atoms with E-state index in [0.29, 0.717) is 24.3 Å². The topological polar surface area (TPSA) is 84.3 Å². The Morgan fingerprint density at radius 3 is 2.56 bits per heavy atom. The van der Waals surface area contributed by atoms with E-state index < -0.39 is 4.92 Å². The lowest BCUT2D eigenvalue weighted by Crippen LogP contribution is -2.48. The number of aryl methyl sites for hydroxylation is 2. The lowest BCUT2D eigenvalue weighted by atomic mass is 10.0. The maximum Gasteiger partial charge on any atom is 0.274 e. The Hall–Kier alpha value is -1.95. The van der Waals surface area contributed by atoms with E-state index in [1.165, 1.54) is 6.07 Å². The summed E-state index contributed by atoms with van der Waals surface area (Å²) in [6.07, 6.45) is 0. The second-order valence-corrected chi connectivity index (χ2v) is 4.56. The standard InChI is InChI=1S/C12H15N3O3/c1-7-3-8(2)11(15(17)18)4-10(7)14-12(16)9-5-13-6-9/h3-4,9,13H,5-6H2,1-2H3,(H,14,16). The molecule has 0 bridgehead atoms. The van der Waals surface area contributed by atoms with E-state index in [9.17, 15) is 14.9 Å². The Kier molecular flexibility index (Phi) is 3.29. The van der Waals surface area contributed by atoms with Crippen LogP contribution in [0.4, 0.5) is 11.4 Å². The Labute approximate surface area is 105 Å². The number of anilines is 1. The number of nitrogens with zero attached hydrogens (tertiary/aromatic N) is 1. The first kappa shape index (κ1) is 12.5. The zero-order chi connectivity index (χ0) is 13.3. The molecule has 1 heterocycles. The van der Waals surface area contributed by atoms with Gasteiger partial charge < -0.3 is 10.6 Å². The van der Waals surface area contributed by atoms with Gasteiger partial charge in [0.2, 0.25) is 5.91 Å². The van der Waals surface area contributed by atoms with Crippen LogP contribution in [0.15, 0.2) is 12.1 Å². The Balaban J connectivity index is 2.23. The van der Waals surface area contributed by atoms with Gasteiger partial charge in [-0.25, -0.2) is 0 Å². The summed E-state index contributed by atoms with van der Waals surface area (Å²) in [6, 6.07) is 3.14. The molecule has 0 aromatic heterocycles. The predicted octanol–water partition coefficient (Wildman–Crippen LogP) is 1.37. The van der Waals surface area contributed by atoms with Crippen LogP contribution in [0.2, 0.25) is 0 Å². The van der Waals surface area contributed by atoms with Gasteiger partial charge >= 0.3 is 0 Å². The smallest absolute Gasteiger partial charge is 0.274 e.